The molecule has 0 spiro atoms. The zero-order chi connectivity index (χ0) is 14.1. The highest BCUT2D eigenvalue weighted by Crippen LogP contribution is 2.29. The van der Waals surface area contributed by atoms with Crippen molar-refractivity contribution >= 4 is 34.1 Å². The van der Waals surface area contributed by atoms with E-state index in [9.17, 15) is 0 Å². The van der Waals surface area contributed by atoms with Crippen molar-refractivity contribution in [2.75, 3.05) is 7.11 Å². The van der Waals surface area contributed by atoms with E-state index in [0.29, 0.717) is 16.6 Å². The fourth-order valence-corrected chi connectivity index (χ4v) is 2.75. The summed E-state index contributed by atoms with van der Waals surface area (Å²) in [6, 6.07) is 13.7. The van der Waals surface area contributed by atoms with Gasteiger partial charge in [0.15, 0.2) is 0 Å². The van der Waals surface area contributed by atoms with Crippen molar-refractivity contribution in [3.63, 3.8) is 0 Å². The van der Waals surface area contributed by atoms with Crippen LogP contribution in [0, 0.1) is 0 Å². The summed E-state index contributed by atoms with van der Waals surface area (Å²) in [6.45, 7) is 0.677. The molecule has 0 amide bonds. The average Bonchev–Trinajstić information content (AvgIpc) is 2.87. The van der Waals surface area contributed by atoms with Gasteiger partial charge in [0.1, 0.15) is 5.75 Å². The summed E-state index contributed by atoms with van der Waals surface area (Å²) in [5.41, 5.74) is 2.11. The van der Waals surface area contributed by atoms with Crippen molar-refractivity contribution < 1.29 is 4.74 Å². The van der Waals surface area contributed by atoms with Gasteiger partial charge in [0.25, 0.3) is 0 Å². The number of hydrogen-bond acceptors (Lipinski definition) is 1. The third-order valence-electron chi connectivity index (χ3n) is 3.37. The summed E-state index contributed by atoms with van der Waals surface area (Å²) < 4.78 is 7.51. The second kappa shape index (κ2) is 5.39. The molecule has 20 heavy (non-hydrogen) atoms. The van der Waals surface area contributed by atoms with E-state index in [1.54, 1.807) is 13.2 Å². The number of benzene rings is 2. The SMILES string of the molecule is COc1cccc2c1ccn2Cc1cccc(Cl)c1Cl. The van der Waals surface area contributed by atoms with Crippen LogP contribution in [0.4, 0.5) is 0 Å². The molecule has 3 aromatic rings. The molecular weight excluding hydrogens is 293 g/mol. The molecule has 0 saturated carbocycles. The van der Waals surface area contributed by atoms with Gasteiger partial charge in [-0.15, -0.1) is 0 Å². The highest BCUT2D eigenvalue weighted by molar-refractivity contribution is 6.42. The van der Waals surface area contributed by atoms with Crippen LogP contribution < -0.4 is 4.74 Å². The Balaban J connectivity index is 2.05. The molecule has 1 aromatic heterocycles. The van der Waals surface area contributed by atoms with Crippen LogP contribution in [0.2, 0.25) is 10.0 Å². The maximum atomic E-state index is 6.25. The Labute approximate surface area is 127 Å². The first-order valence-corrected chi connectivity index (χ1v) is 7.01. The molecule has 0 N–H and O–H groups in total. The van der Waals surface area contributed by atoms with Gasteiger partial charge in [-0.2, -0.15) is 0 Å². The van der Waals surface area contributed by atoms with Gasteiger partial charge in [0, 0.05) is 18.1 Å². The van der Waals surface area contributed by atoms with Gasteiger partial charge >= 0.3 is 0 Å². The average molecular weight is 306 g/mol. The predicted molar refractivity (Wildman–Crippen MR) is 84.1 cm³/mol. The minimum Gasteiger partial charge on any atom is -0.496 e. The molecule has 102 valence electrons. The van der Waals surface area contributed by atoms with Crippen LogP contribution in [0.5, 0.6) is 5.75 Å². The molecule has 0 fully saturated rings. The fourth-order valence-electron chi connectivity index (χ4n) is 2.37. The van der Waals surface area contributed by atoms with Crippen molar-refractivity contribution in [3.05, 3.63) is 64.3 Å². The summed E-state index contributed by atoms with van der Waals surface area (Å²) in [6.07, 6.45) is 2.03. The number of aromatic nitrogens is 1. The molecule has 3 rings (SSSR count). The Morgan fingerprint density at radius 2 is 1.85 bits per heavy atom. The van der Waals surface area contributed by atoms with Gasteiger partial charge in [0.2, 0.25) is 0 Å². The highest BCUT2D eigenvalue weighted by Gasteiger charge is 2.09. The van der Waals surface area contributed by atoms with Crippen molar-refractivity contribution in [2.45, 2.75) is 6.54 Å². The Bertz CT molecular complexity index is 764. The lowest BCUT2D eigenvalue weighted by Gasteiger charge is -2.09. The van der Waals surface area contributed by atoms with Crippen molar-refractivity contribution in [1.29, 1.82) is 0 Å². The Morgan fingerprint density at radius 3 is 2.65 bits per heavy atom. The Kier molecular flexibility index (Phi) is 3.60. The van der Waals surface area contributed by atoms with Gasteiger partial charge in [-0.05, 0) is 29.8 Å². The quantitative estimate of drug-likeness (QED) is 0.664. The van der Waals surface area contributed by atoms with Crippen LogP contribution in [0.25, 0.3) is 10.9 Å². The summed E-state index contributed by atoms with van der Waals surface area (Å²) in [4.78, 5) is 0. The minimum absolute atomic E-state index is 0.582. The standard InChI is InChI=1S/C16H13Cl2NO/c1-20-15-7-3-6-14-12(15)8-9-19(14)10-11-4-2-5-13(17)16(11)18/h2-9H,10H2,1H3. The van der Waals surface area contributed by atoms with Crippen molar-refractivity contribution in [2.24, 2.45) is 0 Å². The van der Waals surface area contributed by atoms with Crippen LogP contribution in [0.1, 0.15) is 5.56 Å². The molecule has 0 saturated heterocycles. The third kappa shape index (κ3) is 2.26. The lowest BCUT2D eigenvalue weighted by molar-refractivity contribution is 0.420. The first-order valence-electron chi connectivity index (χ1n) is 6.25. The fraction of sp³-hybridized carbons (Fsp3) is 0.125. The summed E-state index contributed by atoms with van der Waals surface area (Å²) in [5.74, 6) is 0.874. The first kappa shape index (κ1) is 13.3. The van der Waals surface area contributed by atoms with Crippen LogP contribution in [-0.2, 0) is 6.54 Å². The van der Waals surface area contributed by atoms with Crippen LogP contribution >= 0.6 is 23.2 Å². The zero-order valence-corrected chi connectivity index (χ0v) is 12.4. The monoisotopic (exact) mass is 305 g/mol. The third-order valence-corrected chi connectivity index (χ3v) is 4.22. The zero-order valence-electron chi connectivity index (χ0n) is 10.9. The Morgan fingerprint density at radius 1 is 1.05 bits per heavy atom. The molecule has 0 aliphatic heterocycles. The minimum atomic E-state index is 0.582. The number of hydrogen-bond donors (Lipinski definition) is 0. The summed E-state index contributed by atoms with van der Waals surface area (Å²) in [5, 5.41) is 2.28. The number of nitrogens with zero attached hydrogens (tertiary/aromatic N) is 1. The molecule has 0 unspecified atom stereocenters. The molecule has 2 nitrogen and oxygen atoms in total. The van der Waals surface area contributed by atoms with Gasteiger partial charge in [-0.1, -0.05) is 41.4 Å². The molecule has 0 radical (unpaired) electrons. The Hall–Kier alpha value is -1.64. The number of halogens is 2. The highest BCUT2D eigenvalue weighted by atomic mass is 35.5. The molecule has 0 atom stereocenters. The maximum Gasteiger partial charge on any atom is 0.128 e. The van der Waals surface area contributed by atoms with E-state index in [-0.39, 0.29) is 0 Å². The van der Waals surface area contributed by atoms with Gasteiger partial charge in [-0.3, -0.25) is 0 Å². The molecule has 2 aromatic carbocycles. The molecule has 0 aliphatic rings. The summed E-state index contributed by atoms with van der Waals surface area (Å²) >= 11 is 12.3. The molecule has 0 bridgehead atoms. The van der Waals surface area contributed by atoms with E-state index < -0.39 is 0 Å². The molecule has 4 heteroatoms. The van der Waals surface area contributed by atoms with Crippen molar-refractivity contribution in [3.8, 4) is 5.75 Å². The van der Waals surface area contributed by atoms with E-state index in [1.165, 1.54) is 0 Å². The maximum absolute atomic E-state index is 6.25. The van der Waals surface area contributed by atoms with E-state index in [0.717, 1.165) is 22.2 Å². The smallest absolute Gasteiger partial charge is 0.128 e. The van der Waals surface area contributed by atoms with Crippen LogP contribution in [0.15, 0.2) is 48.7 Å². The number of methoxy groups -OCH3 is 1. The second-order valence-corrected chi connectivity index (χ2v) is 5.33. The number of fused-ring (bicyclic) bond motifs is 1. The first-order chi connectivity index (χ1) is 9.70. The van der Waals surface area contributed by atoms with Gasteiger partial charge < -0.3 is 9.30 Å². The number of ether oxygens (including phenoxy) is 1. The second-order valence-electron chi connectivity index (χ2n) is 4.55. The molecular formula is C16H13Cl2NO. The lowest BCUT2D eigenvalue weighted by atomic mass is 10.2. The van der Waals surface area contributed by atoms with Crippen LogP contribution in [0.3, 0.4) is 0 Å². The normalized spacial score (nSPS) is 10.9. The molecule has 0 aliphatic carbocycles. The van der Waals surface area contributed by atoms with E-state index >= 15 is 0 Å². The van der Waals surface area contributed by atoms with E-state index in [1.807, 2.05) is 36.5 Å². The topological polar surface area (TPSA) is 14.2 Å². The van der Waals surface area contributed by atoms with Gasteiger partial charge in [0.05, 0.1) is 22.7 Å². The van der Waals surface area contributed by atoms with E-state index in [2.05, 4.69) is 10.6 Å². The largest absolute Gasteiger partial charge is 0.496 e. The van der Waals surface area contributed by atoms with Gasteiger partial charge in [-0.25, -0.2) is 0 Å². The van der Waals surface area contributed by atoms with E-state index in [4.69, 9.17) is 27.9 Å². The number of rotatable bonds is 3. The van der Waals surface area contributed by atoms with Crippen molar-refractivity contribution in [1.82, 2.24) is 4.57 Å². The molecule has 1 heterocycles. The lowest BCUT2D eigenvalue weighted by Crippen LogP contribution is -1.98. The summed E-state index contributed by atoms with van der Waals surface area (Å²) in [7, 11) is 1.68. The van der Waals surface area contributed by atoms with Crippen LogP contribution in [-0.4, -0.2) is 11.7 Å². The predicted octanol–water partition coefficient (Wildman–Crippen LogP) is 5.01.